The molecule has 1 amide bonds. The van der Waals surface area contributed by atoms with Crippen LogP contribution in [0.4, 0.5) is 0 Å². The van der Waals surface area contributed by atoms with Gasteiger partial charge in [-0.25, -0.2) is 0 Å². The molecule has 1 saturated carbocycles. The molecule has 0 bridgehead atoms. The minimum atomic E-state index is -0.365. The Hall–Kier alpha value is -1.38. The van der Waals surface area contributed by atoms with Crippen molar-refractivity contribution in [3.8, 4) is 0 Å². The van der Waals surface area contributed by atoms with Gasteiger partial charge in [0, 0.05) is 6.20 Å². The first-order chi connectivity index (χ1) is 7.27. The Morgan fingerprint density at radius 3 is 2.87 bits per heavy atom. The van der Waals surface area contributed by atoms with Crippen LogP contribution in [-0.2, 0) is 6.42 Å². The van der Waals surface area contributed by atoms with Gasteiger partial charge in [0.1, 0.15) is 0 Å². The largest absolute Gasteiger partial charge is 0.366 e. The number of carbonyl (C=O) groups is 1. The Balaban J connectivity index is 2.15. The number of hydrogen-bond acceptors (Lipinski definition) is 2. The molecule has 1 heterocycles. The fourth-order valence-corrected chi connectivity index (χ4v) is 2.31. The first kappa shape index (κ1) is 10.1. The van der Waals surface area contributed by atoms with Crippen molar-refractivity contribution in [3.05, 3.63) is 29.6 Å². The van der Waals surface area contributed by atoms with Gasteiger partial charge in [0.25, 0.3) is 5.91 Å². The van der Waals surface area contributed by atoms with Crippen LogP contribution in [0, 0.1) is 5.92 Å². The van der Waals surface area contributed by atoms with E-state index in [4.69, 9.17) is 5.73 Å². The van der Waals surface area contributed by atoms with Crippen molar-refractivity contribution in [2.75, 3.05) is 0 Å². The second-order valence-electron chi connectivity index (χ2n) is 4.22. The second-order valence-corrected chi connectivity index (χ2v) is 4.22. The number of rotatable bonds is 3. The molecule has 1 aliphatic rings. The first-order valence-electron chi connectivity index (χ1n) is 5.51. The normalized spacial score (nSPS) is 16.8. The minimum absolute atomic E-state index is 0.365. The van der Waals surface area contributed by atoms with Crippen molar-refractivity contribution in [2.24, 2.45) is 11.7 Å². The van der Waals surface area contributed by atoms with Crippen LogP contribution in [0.3, 0.4) is 0 Å². The standard InChI is InChI=1S/C12H16N2O/c13-12(15)10-6-3-7-14-11(10)8-9-4-1-2-5-9/h3,6-7,9H,1-2,4-5,8H2,(H2,13,15). The number of nitrogens with two attached hydrogens (primary N) is 1. The Bertz CT molecular complexity index is 356. The average molecular weight is 204 g/mol. The van der Waals surface area contributed by atoms with E-state index in [-0.39, 0.29) is 5.91 Å². The number of pyridine rings is 1. The summed E-state index contributed by atoms with van der Waals surface area (Å²) in [5.74, 6) is 0.328. The summed E-state index contributed by atoms with van der Waals surface area (Å²) in [6.07, 6.45) is 7.77. The Kier molecular flexibility index (Phi) is 2.99. The van der Waals surface area contributed by atoms with Gasteiger partial charge in [-0.05, 0) is 24.5 Å². The molecular formula is C12H16N2O. The van der Waals surface area contributed by atoms with E-state index >= 15 is 0 Å². The van der Waals surface area contributed by atoms with E-state index in [9.17, 15) is 4.79 Å². The van der Waals surface area contributed by atoms with E-state index in [1.54, 1.807) is 18.3 Å². The highest BCUT2D eigenvalue weighted by molar-refractivity contribution is 5.93. The van der Waals surface area contributed by atoms with Crippen molar-refractivity contribution in [1.82, 2.24) is 4.98 Å². The van der Waals surface area contributed by atoms with Crippen molar-refractivity contribution >= 4 is 5.91 Å². The van der Waals surface area contributed by atoms with Gasteiger partial charge in [-0.15, -0.1) is 0 Å². The maximum atomic E-state index is 11.2. The van der Waals surface area contributed by atoms with Crippen LogP contribution in [-0.4, -0.2) is 10.9 Å². The van der Waals surface area contributed by atoms with Gasteiger partial charge in [-0.1, -0.05) is 25.7 Å². The topological polar surface area (TPSA) is 56.0 Å². The lowest BCUT2D eigenvalue weighted by molar-refractivity contribution is 0.0998. The van der Waals surface area contributed by atoms with Crippen LogP contribution >= 0.6 is 0 Å². The number of primary amides is 1. The molecule has 0 atom stereocenters. The predicted octanol–water partition coefficient (Wildman–Crippen LogP) is 1.91. The molecule has 1 fully saturated rings. The molecule has 0 aliphatic heterocycles. The van der Waals surface area contributed by atoms with E-state index in [1.165, 1.54) is 25.7 Å². The molecule has 0 aromatic carbocycles. The van der Waals surface area contributed by atoms with Gasteiger partial charge < -0.3 is 5.73 Å². The van der Waals surface area contributed by atoms with Crippen molar-refractivity contribution in [3.63, 3.8) is 0 Å². The zero-order valence-electron chi connectivity index (χ0n) is 8.78. The van der Waals surface area contributed by atoms with Crippen LogP contribution in [0.2, 0.25) is 0 Å². The molecule has 1 aliphatic carbocycles. The monoisotopic (exact) mass is 204 g/mol. The molecule has 1 aromatic rings. The number of aromatic nitrogens is 1. The molecule has 1 aromatic heterocycles. The first-order valence-corrected chi connectivity index (χ1v) is 5.51. The maximum absolute atomic E-state index is 11.2. The summed E-state index contributed by atoms with van der Waals surface area (Å²) in [6, 6.07) is 3.53. The zero-order chi connectivity index (χ0) is 10.7. The van der Waals surface area contributed by atoms with E-state index in [0.29, 0.717) is 11.5 Å². The molecule has 15 heavy (non-hydrogen) atoms. The lowest BCUT2D eigenvalue weighted by atomic mass is 9.98. The fraction of sp³-hybridized carbons (Fsp3) is 0.500. The third-order valence-corrected chi connectivity index (χ3v) is 3.11. The van der Waals surface area contributed by atoms with Crippen LogP contribution in [0.5, 0.6) is 0 Å². The smallest absolute Gasteiger partial charge is 0.250 e. The summed E-state index contributed by atoms with van der Waals surface area (Å²) in [5.41, 5.74) is 6.77. The minimum Gasteiger partial charge on any atom is -0.366 e. The van der Waals surface area contributed by atoms with E-state index in [1.807, 2.05) is 0 Å². The number of amides is 1. The van der Waals surface area contributed by atoms with E-state index in [0.717, 1.165) is 12.1 Å². The molecule has 0 saturated heterocycles. The number of nitrogens with zero attached hydrogens (tertiary/aromatic N) is 1. The van der Waals surface area contributed by atoms with Crippen molar-refractivity contribution < 1.29 is 4.79 Å². The van der Waals surface area contributed by atoms with Gasteiger partial charge in [0.2, 0.25) is 0 Å². The molecule has 2 N–H and O–H groups in total. The molecular weight excluding hydrogens is 188 g/mol. The summed E-state index contributed by atoms with van der Waals surface area (Å²) >= 11 is 0. The van der Waals surface area contributed by atoms with Crippen molar-refractivity contribution in [1.29, 1.82) is 0 Å². The van der Waals surface area contributed by atoms with Crippen LogP contribution in [0.15, 0.2) is 18.3 Å². The molecule has 0 radical (unpaired) electrons. The van der Waals surface area contributed by atoms with E-state index < -0.39 is 0 Å². The molecule has 0 unspecified atom stereocenters. The highest BCUT2D eigenvalue weighted by Crippen LogP contribution is 2.28. The summed E-state index contributed by atoms with van der Waals surface area (Å²) in [6.45, 7) is 0. The molecule has 2 rings (SSSR count). The van der Waals surface area contributed by atoms with Crippen LogP contribution < -0.4 is 5.73 Å². The summed E-state index contributed by atoms with van der Waals surface area (Å²) in [5, 5.41) is 0. The Morgan fingerprint density at radius 1 is 1.47 bits per heavy atom. The Morgan fingerprint density at radius 2 is 2.20 bits per heavy atom. The lowest BCUT2D eigenvalue weighted by Gasteiger charge is -2.10. The molecule has 3 heteroatoms. The van der Waals surface area contributed by atoms with Crippen LogP contribution in [0.1, 0.15) is 41.7 Å². The van der Waals surface area contributed by atoms with Crippen molar-refractivity contribution in [2.45, 2.75) is 32.1 Å². The SMILES string of the molecule is NC(=O)c1cccnc1CC1CCCC1. The van der Waals surface area contributed by atoms with Crippen LogP contribution in [0.25, 0.3) is 0 Å². The zero-order valence-corrected chi connectivity index (χ0v) is 8.78. The molecule has 80 valence electrons. The van der Waals surface area contributed by atoms with E-state index in [2.05, 4.69) is 4.98 Å². The molecule has 0 spiro atoms. The highest BCUT2D eigenvalue weighted by Gasteiger charge is 2.18. The van der Waals surface area contributed by atoms with Gasteiger partial charge in [0.15, 0.2) is 0 Å². The third-order valence-electron chi connectivity index (χ3n) is 3.11. The van der Waals surface area contributed by atoms with Gasteiger partial charge in [-0.2, -0.15) is 0 Å². The highest BCUT2D eigenvalue weighted by atomic mass is 16.1. The average Bonchev–Trinajstić information content (AvgIpc) is 2.71. The quantitative estimate of drug-likeness (QED) is 0.817. The second kappa shape index (κ2) is 4.43. The third kappa shape index (κ3) is 2.35. The summed E-state index contributed by atoms with van der Waals surface area (Å²) in [4.78, 5) is 15.4. The summed E-state index contributed by atoms with van der Waals surface area (Å²) in [7, 11) is 0. The lowest BCUT2D eigenvalue weighted by Crippen LogP contribution is -2.16. The van der Waals surface area contributed by atoms with Gasteiger partial charge in [-0.3, -0.25) is 9.78 Å². The predicted molar refractivity (Wildman–Crippen MR) is 58.4 cm³/mol. The van der Waals surface area contributed by atoms with Gasteiger partial charge in [0.05, 0.1) is 11.3 Å². The molecule has 3 nitrogen and oxygen atoms in total. The van der Waals surface area contributed by atoms with Gasteiger partial charge >= 0.3 is 0 Å². The maximum Gasteiger partial charge on any atom is 0.250 e. The summed E-state index contributed by atoms with van der Waals surface area (Å²) < 4.78 is 0. The Labute approximate surface area is 89.7 Å². The number of carbonyl (C=O) groups excluding carboxylic acids is 1. The fourth-order valence-electron chi connectivity index (χ4n) is 2.31. The number of hydrogen-bond donors (Lipinski definition) is 1.